The first-order chi connectivity index (χ1) is 14.3. The molecule has 0 radical (unpaired) electrons. The van der Waals surface area contributed by atoms with E-state index in [4.69, 9.17) is 9.47 Å². The first kappa shape index (κ1) is 17.3. The maximum atomic E-state index is 12.5. The van der Waals surface area contributed by atoms with Gasteiger partial charge in [-0.3, -0.25) is 9.89 Å². The lowest BCUT2D eigenvalue weighted by atomic mass is 10.0. The molecule has 0 saturated heterocycles. The highest BCUT2D eigenvalue weighted by Crippen LogP contribution is 2.31. The molecule has 6 heteroatoms. The van der Waals surface area contributed by atoms with Crippen molar-refractivity contribution >= 4 is 22.6 Å². The Morgan fingerprint density at radius 2 is 1.76 bits per heavy atom. The van der Waals surface area contributed by atoms with Crippen LogP contribution in [0.3, 0.4) is 0 Å². The average Bonchev–Trinajstić information content (AvgIpc) is 3.16. The van der Waals surface area contributed by atoms with Gasteiger partial charge in [-0.2, -0.15) is 5.10 Å². The fourth-order valence-corrected chi connectivity index (χ4v) is 3.48. The quantitative estimate of drug-likeness (QED) is 0.552. The molecule has 0 unspecified atom stereocenters. The van der Waals surface area contributed by atoms with Gasteiger partial charge in [0.15, 0.2) is 17.3 Å². The summed E-state index contributed by atoms with van der Waals surface area (Å²) >= 11 is 0. The molecular weight excluding hydrogens is 366 g/mol. The van der Waals surface area contributed by atoms with Crippen molar-refractivity contribution in [1.82, 2.24) is 10.2 Å². The third kappa shape index (κ3) is 3.52. The van der Waals surface area contributed by atoms with Crippen molar-refractivity contribution in [2.45, 2.75) is 6.42 Å². The van der Waals surface area contributed by atoms with Gasteiger partial charge in [-0.15, -0.1) is 0 Å². The van der Waals surface area contributed by atoms with Gasteiger partial charge in [0.05, 0.1) is 11.9 Å². The summed E-state index contributed by atoms with van der Waals surface area (Å²) in [5.74, 6) is 1.79. The van der Waals surface area contributed by atoms with Crippen LogP contribution in [0.2, 0.25) is 0 Å². The Labute approximate surface area is 167 Å². The lowest BCUT2D eigenvalue weighted by molar-refractivity contribution is -0.115. The summed E-state index contributed by atoms with van der Waals surface area (Å²) in [6.07, 6.45) is 0.229. The van der Waals surface area contributed by atoms with Crippen LogP contribution in [0.1, 0.15) is 5.56 Å². The summed E-state index contributed by atoms with van der Waals surface area (Å²) in [7, 11) is 0. The molecule has 0 atom stereocenters. The second-order valence-electron chi connectivity index (χ2n) is 6.90. The minimum absolute atomic E-state index is 0.137. The summed E-state index contributed by atoms with van der Waals surface area (Å²) in [4.78, 5) is 12.5. The number of anilines is 1. The molecule has 0 bridgehead atoms. The predicted octanol–water partition coefficient (Wildman–Crippen LogP) is 4.18. The van der Waals surface area contributed by atoms with Crippen molar-refractivity contribution in [3.63, 3.8) is 0 Å². The normalized spacial score (nSPS) is 12.7. The molecule has 0 saturated carbocycles. The Kier molecular flexibility index (Phi) is 4.37. The highest BCUT2D eigenvalue weighted by molar-refractivity contribution is 6.01. The summed E-state index contributed by atoms with van der Waals surface area (Å²) < 4.78 is 11.1. The molecule has 1 aliphatic heterocycles. The van der Waals surface area contributed by atoms with Crippen molar-refractivity contribution in [1.29, 1.82) is 0 Å². The van der Waals surface area contributed by atoms with Gasteiger partial charge >= 0.3 is 0 Å². The van der Waals surface area contributed by atoms with Crippen LogP contribution >= 0.6 is 0 Å². The highest BCUT2D eigenvalue weighted by atomic mass is 16.6. The lowest BCUT2D eigenvalue weighted by Crippen LogP contribution is -2.17. The van der Waals surface area contributed by atoms with Crippen molar-refractivity contribution in [2.24, 2.45) is 0 Å². The molecule has 0 spiro atoms. The van der Waals surface area contributed by atoms with E-state index in [1.165, 1.54) is 0 Å². The van der Waals surface area contributed by atoms with Crippen LogP contribution in [0.25, 0.3) is 22.0 Å². The van der Waals surface area contributed by atoms with E-state index in [-0.39, 0.29) is 12.3 Å². The molecule has 29 heavy (non-hydrogen) atoms. The molecule has 4 aromatic rings. The number of ether oxygens (including phenoxy) is 2. The zero-order valence-corrected chi connectivity index (χ0v) is 15.6. The Morgan fingerprint density at radius 3 is 2.62 bits per heavy atom. The number of carbonyl (C=O) groups excluding carboxylic acids is 1. The van der Waals surface area contributed by atoms with Gasteiger partial charge in [-0.1, -0.05) is 42.5 Å². The van der Waals surface area contributed by atoms with Gasteiger partial charge in [-0.25, -0.2) is 0 Å². The topological polar surface area (TPSA) is 76.2 Å². The minimum Gasteiger partial charge on any atom is -0.486 e. The van der Waals surface area contributed by atoms with Gasteiger partial charge in [0.2, 0.25) is 5.91 Å². The van der Waals surface area contributed by atoms with E-state index in [0.29, 0.717) is 30.5 Å². The lowest BCUT2D eigenvalue weighted by Gasteiger charge is -2.18. The first-order valence-electron chi connectivity index (χ1n) is 9.48. The van der Waals surface area contributed by atoms with E-state index < -0.39 is 0 Å². The number of nitrogens with zero attached hydrogens (tertiary/aromatic N) is 1. The summed E-state index contributed by atoms with van der Waals surface area (Å²) in [5.41, 5.74) is 3.96. The third-order valence-corrected chi connectivity index (χ3v) is 4.90. The molecule has 1 aliphatic rings. The van der Waals surface area contributed by atoms with Gasteiger partial charge < -0.3 is 14.8 Å². The highest BCUT2D eigenvalue weighted by Gasteiger charge is 2.15. The van der Waals surface area contributed by atoms with E-state index >= 15 is 0 Å². The molecule has 0 aliphatic carbocycles. The molecule has 6 nitrogen and oxygen atoms in total. The molecular formula is C23H19N3O3. The van der Waals surface area contributed by atoms with Gasteiger partial charge in [0, 0.05) is 5.39 Å². The Bertz CT molecular complexity index is 1180. The van der Waals surface area contributed by atoms with E-state index in [1.807, 2.05) is 54.6 Å². The molecule has 3 aromatic carbocycles. The summed E-state index contributed by atoms with van der Waals surface area (Å²) in [6.45, 7) is 1.07. The number of aromatic nitrogens is 2. The number of hydrogen-bond donors (Lipinski definition) is 2. The number of carbonyl (C=O) groups is 1. The van der Waals surface area contributed by atoms with Gasteiger partial charge in [0.1, 0.15) is 13.2 Å². The molecule has 1 amide bonds. The number of aromatic amines is 1. The second-order valence-corrected chi connectivity index (χ2v) is 6.90. The second kappa shape index (κ2) is 7.31. The number of amides is 1. The number of benzene rings is 3. The Balaban J connectivity index is 1.33. The number of hydrogen-bond acceptors (Lipinski definition) is 4. The first-order valence-corrected chi connectivity index (χ1v) is 9.48. The van der Waals surface area contributed by atoms with E-state index in [0.717, 1.165) is 27.6 Å². The van der Waals surface area contributed by atoms with Gasteiger partial charge in [-0.05, 0) is 41.0 Å². The number of fused-ring (bicyclic) bond motifs is 2. The van der Waals surface area contributed by atoms with Gasteiger partial charge in [0.25, 0.3) is 0 Å². The van der Waals surface area contributed by atoms with Crippen LogP contribution < -0.4 is 14.8 Å². The average molecular weight is 385 g/mol. The molecule has 2 N–H and O–H groups in total. The standard InChI is InChI=1S/C23H19N3O3/c27-22(13-15-6-9-20-21(12-15)29-11-10-28-20)24-23-18-8-7-17(14-19(18)25-26-23)16-4-2-1-3-5-16/h1-9,12,14H,10-11,13H2,(H2,24,25,26,27). The fraction of sp³-hybridized carbons (Fsp3) is 0.130. The molecule has 1 aromatic heterocycles. The van der Waals surface area contributed by atoms with Crippen LogP contribution in [0, 0.1) is 0 Å². The molecule has 5 rings (SSSR count). The van der Waals surface area contributed by atoms with Crippen molar-refractivity contribution < 1.29 is 14.3 Å². The molecule has 2 heterocycles. The number of rotatable bonds is 4. The smallest absolute Gasteiger partial charge is 0.230 e. The molecule has 0 fully saturated rings. The van der Waals surface area contributed by atoms with Crippen LogP contribution in [-0.2, 0) is 11.2 Å². The van der Waals surface area contributed by atoms with Crippen molar-refractivity contribution in [2.75, 3.05) is 18.5 Å². The minimum atomic E-state index is -0.137. The van der Waals surface area contributed by atoms with Crippen LogP contribution in [0.4, 0.5) is 5.82 Å². The maximum Gasteiger partial charge on any atom is 0.230 e. The molecule has 144 valence electrons. The largest absolute Gasteiger partial charge is 0.486 e. The van der Waals surface area contributed by atoms with Crippen molar-refractivity contribution in [3.8, 4) is 22.6 Å². The fourth-order valence-electron chi connectivity index (χ4n) is 3.48. The van der Waals surface area contributed by atoms with Crippen LogP contribution in [0.15, 0.2) is 66.7 Å². The number of H-pyrrole nitrogens is 1. The Hall–Kier alpha value is -3.80. The van der Waals surface area contributed by atoms with E-state index in [9.17, 15) is 4.79 Å². The monoisotopic (exact) mass is 385 g/mol. The zero-order chi connectivity index (χ0) is 19.6. The van der Waals surface area contributed by atoms with Crippen LogP contribution in [-0.4, -0.2) is 29.3 Å². The van der Waals surface area contributed by atoms with E-state index in [1.54, 1.807) is 0 Å². The third-order valence-electron chi connectivity index (χ3n) is 4.90. The predicted molar refractivity (Wildman–Crippen MR) is 111 cm³/mol. The van der Waals surface area contributed by atoms with E-state index in [2.05, 4.69) is 27.6 Å². The van der Waals surface area contributed by atoms with Crippen molar-refractivity contribution in [3.05, 3.63) is 72.3 Å². The van der Waals surface area contributed by atoms with Crippen LogP contribution in [0.5, 0.6) is 11.5 Å². The SMILES string of the molecule is O=C(Cc1ccc2c(c1)OCCO2)Nc1n[nH]c2cc(-c3ccccc3)ccc12. The number of nitrogens with one attached hydrogen (secondary N) is 2. The summed E-state index contributed by atoms with van der Waals surface area (Å²) in [6, 6.07) is 21.7. The zero-order valence-electron chi connectivity index (χ0n) is 15.6. The maximum absolute atomic E-state index is 12.5. The Morgan fingerprint density at radius 1 is 0.931 bits per heavy atom. The summed E-state index contributed by atoms with van der Waals surface area (Å²) in [5, 5.41) is 11.1.